The van der Waals surface area contributed by atoms with E-state index >= 15 is 0 Å². The van der Waals surface area contributed by atoms with Crippen LogP contribution in [0.15, 0.2) is 59.5 Å². The van der Waals surface area contributed by atoms with Crippen LogP contribution in [0.1, 0.15) is 11.1 Å². The smallest absolute Gasteiger partial charge is 0.431 e. The normalized spacial score (nSPS) is 17.2. The summed E-state index contributed by atoms with van der Waals surface area (Å²) in [7, 11) is -3.76. The molecular weight excluding hydrogens is 438 g/mol. The Balaban J connectivity index is 2.42. The highest BCUT2D eigenvalue weighted by atomic mass is 32.2. The van der Waals surface area contributed by atoms with Crippen molar-refractivity contribution < 1.29 is 44.3 Å². The van der Waals surface area contributed by atoms with Crippen LogP contribution >= 0.6 is 0 Å². The van der Waals surface area contributed by atoms with E-state index in [1.807, 2.05) is 0 Å². The zero-order valence-corrected chi connectivity index (χ0v) is 15.8. The third-order valence-corrected chi connectivity index (χ3v) is 5.61. The summed E-state index contributed by atoms with van der Waals surface area (Å²) in [6, 6.07) is 9.76. The third kappa shape index (κ3) is 3.36. The Bertz CT molecular complexity index is 1100. The van der Waals surface area contributed by atoms with Gasteiger partial charge in [0.1, 0.15) is 0 Å². The van der Waals surface area contributed by atoms with Crippen molar-refractivity contribution in [2.45, 2.75) is 22.8 Å². The fraction of sp³-hybridized carbons (Fsp3) is 0.211. The molecule has 1 heterocycles. The topological polar surface area (TPSA) is 60.4 Å². The zero-order chi connectivity index (χ0) is 22.5. The summed E-state index contributed by atoms with van der Waals surface area (Å²) in [5.41, 5.74) is -8.12. The summed E-state index contributed by atoms with van der Waals surface area (Å²) >= 11 is 0. The molecule has 0 aliphatic carbocycles. The van der Waals surface area contributed by atoms with Gasteiger partial charge in [-0.25, -0.2) is 13.2 Å². The average Bonchev–Trinajstić information content (AvgIpc) is 2.96. The van der Waals surface area contributed by atoms with Gasteiger partial charge in [0.25, 0.3) is 0 Å². The van der Waals surface area contributed by atoms with Crippen molar-refractivity contribution in [3.05, 3.63) is 65.7 Å². The molecule has 1 aliphatic heterocycles. The number of carbonyl (C=O) groups is 1. The molecule has 0 spiro atoms. The summed E-state index contributed by atoms with van der Waals surface area (Å²) in [4.78, 5) is 12.0. The molecule has 2 aromatic rings. The number of benzene rings is 2. The van der Waals surface area contributed by atoms with Gasteiger partial charge in [-0.05, 0) is 23.3 Å². The van der Waals surface area contributed by atoms with Crippen molar-refractivity contribution in [1.82, 2.24) is 0 Å². The van der Waals surface area contributed by atoms with Gasteiger partial charge in [-0.3, -0.25) is 0 Å². The first-order valence-corrected chi connectivity index (χ1v) is 10.1. The van der Waals surface area contributed by atoms with Crippen LogP contribution in [0.2, 0.25) is 0 Å². The van der Waals surface area contributed by atoms with E-state index in [4.69, 9.17) is 0 Å². The van der Waals surface area contributed by atoms with Crippen LogP contribution < -0.4 is 0 Å². The number of cyclic esters (lactones) is 1. The van der Waals surface area contributed by atoms with E-state index in [-0.39, 0.29) is 10.5 Å². The second-order valence-electron chi connectivity index (χ2n) is 6.48. The van der Waals surface area contributed by atoms with Crippen LogP contribution in [-0.4, -0.2) is 38.6 Å². The molecule has 0 bridgehead atoms. The number of halogens is 6. The number of sulfone groups is 1. The molecule has 160 valence electrons. The van der Waals surface area contributed by atoms with Crippen molar-refractivity contribution >= 4 is 27.0 Å². The predicted molar refractivity (Wildman–Crippen MR) is 93.7 cm³/mol. The summed E-state index contributed by atoms with van der Waals surface area (Å²) in [5, 5.41) is 0. The van der Waals surface area contributed by atoms with E-state index in [9.17, 15) is 39.6 Å². The second-order valence-corrected chi connectivity index (χ2v) is 8.49. The Morgan fingerprint density at radius 1 is 0.800 bits per heavy atom. The lowest BCUT2D eigenvalue weighted by molar-refractivity contribution is -0.341. The first kappa shape index (κ1) is 21.9. The van der Waals surface area contributed by atoms with E-state index < -0.39 is 50.5 Å². The van der Waals surface area contributed by atoms with Gasteiger partial charge < -0.3 is 4.74 Å². The molecule has 30 heavy (non-hydrogen) atoms. The Morgan fingerprint density at radius 2 is 1.30 bits per heavy atom. The van der Waals surface area contributed by atoms with Crippen molar-refractivity contribution in [2.75, 3.05) is 6.26 Å². The monoisotopic (exact) mass is 450 g/mol. The Morgan fingerprint density at radius 3 is 1.73 bits per heavy atom. The van der Waals surface area contributed by atoms with Crippen LogP contribution in [0, 0.1) is 0 Å². The summed E-state index contributed by atoms with van der Waals surface area (Å²) in [6.07, 6.45) is -11.3. The Labute approximate surface area is 166 Å². The van der Waals surface area contributed by atoms with Crippen LogP contribution in [-0.2, 0) is 19.4 Å². The second kappa shape index (κ2) is 6.86. The Kier molecular flexibility index (Phi) is 5.00. The molecule has 2 aromatic carbocycles. The number of hydrogen-bond acceptors (Lipinski definition) is 4. The molecule has 0 saturated heterocycles. The van der Waals surface area contributed by atoms with Crippen molar-refractivity contribution in [3.8, 4) is 0 Å². The zero-order valence-electron chi connectivity index (χ0n) is 15.0. The van der Waals surface area contributed by atoms with Gasteiger partial charge in [-0.15, -0.1) is 0 Å². The molecule has 0 N–H and O–H groups in total. The highest BCUT2D eigenvalue weighted by Gasteiger charge is 2.79. The molecule has 0 atom stereocenters. The average molecular weight is 450 g/mol. The number of esters is 1. The molecule has 0 fully saturated rings. The van der Waals surface area contributed by atoms with E-state index in [1.165, 1.54) is 30.3 Å². The molecule has 0 unspecified atom stereocenters. The number of ether oxygens (including phenoxy) is 1. The minimum atomic E-state index is -6.04. The summed E-state index contributed by atoms with van der Waals surface area (Å²) < 4.78 is 110. The van der Waals surface area contributed by atoms with Gasteiger partial charge in [0.15, 0.2) is 9.84 Å². The highest BCUT2D eigenvalue weighted by molar-refractivity contribution is 7.90. The molecule has 3 rings (SSSR count). The molecule has 11 heteroatoms. The molecule has 0 aromatic heterocycles. The van der Waals surface area contributed by atoms with Crippen LogP contribution in [0.25, 0.3) is 11.1 Å². The van der Waals surface area contributed by atoms with Crippen LogP contribution in [0.4, 0.5) is 26.3 Å². The maximum Gasteiger partial charge on any atom is 0.442 e. The number of hydrogen-bond donors (Lipinski definition) is 0. The van der Waals surface area contributed by atoms with Gasteiger partial charge in [0.2, 0.25) is 0 Å². The minimum absolute atomic E-state index is 0.208. The van der Waals surface area contributed by atoms with E-state index in [0.717, 1.165) is 30.5 Å². The van der Waals surface area contributed by atoms with E-state index in [0.29, 0.717) is 0 Å². The lowest BCUT2D eigenvalue weighted by Crippen LogP contribution is -2.58. The van der Waals surface area contributed by atoms with Crippen molar-refractivity contribution in [3.63, 3.8) is 0 Å². The fourth-order valence-electron chi connectivity index (χ4n) is 3.16. The number of rotatable bonds is 3. The van der Waals surface area contributed by atoms with Gasteiger partial charge in [-0.1, -0.05) is 42.5 Å². The maximum absolute atomic E-state index is 13.9. The van der Waals surface area contributed by atoms with Crippen molar-refractivity contribution in [1.29, 1.82) is 0 Å². The number of carbonyl (C=O) groups excluding carboxylic acids is 1. The highest BCUT2D eigenvalue weighted by Crippen LogP contribution is 2.59. The van der Waals surface area contributed by atoms with Gasteiger partial charge in [0, 0.05) is 11.8 Å². The van der Waals surface area contributed by atoms with Gasteiger partial charge >= 0.3 is 23.9 Å². The van der Waals surface area contributed by atoms with Crippen LogP contribution in [0.3, 0.4) is 0 Å². The largest absolute Gasteiger partial charge is 0.442 e. The first-order chi connectivity index (χ1) is 13.7. The van der Waals surface area contributed by atoms with Crippen LogP contribution in [0.5, 0.6) is 0 Å². The maximum atomic E-state index is 13.9. The molecule has 0 amide bonds. The molecule has 0 saturated carbocycles. The molecular formula is C19H12F6O4S. The first-order valence-electron chi connectivity index (χ1n) is 8.17. The fourth-order valence-corrected chi connectivity index (χ4v) is 3.79. The molecule has 0 radical (unpaired) electrons. The third-order valence-electron chi connectivity index (χ3n) is 4.48. The SMILES string of the molecule is CS(=O)(=O)c1ccc(C2=C(c3ccccc3)C(=O)OC2(C(F)(F)F)C(F)(F)F)cc1. The molecule has 4 nitrogen and oxygen atoms in total. The van der Waals surface area contributed by atoms with Gasteiger partial charge in [-0.2, -0.15) is 26.3 Å². The number of alkyl halides is 6. The van der Waals surface area contributed by atoms with Gasteiger partial charge in [0.05, 0.1) is 10.5 Å². The lowest BCUT2D eigenvalue weighted by Gasteiger charge is -2.34. The van der Waals surface area contributed by atoms with Crippen molar-refractivity contribution in [2.24, 2.45) is 0 Å². The summed E-state index contributed by atoms with van der Waals surface area (Å²) in [5.74, 6) is -1.79. The lowest BCUT2D eigenvalue weighted by atomic mass is 9.83. The minimum Gasteiger partial charge on any atom is -0.431 e. The quantitative estimate of drug-likeness (QED) is 0.513. The molecule has 1 aliphatic rings. The van der Waals surface area contributed by atoms with E-state index in [1.54, 1.807) is 0 Å². The predicted octanol–water partition coefficient (Wildman–Crippen LogP) is 4.42. The van der Waals surface area contributed by atoms with E-state index in [2.05, 4.69) is 4.74 Å². The summed E-state index contributed by atoms with van der Waals surface area (Å²) in [6.45, 7) is 0. The standard InChI is InChI=1S/C19H12F6O4S/c1-30(27,28)13-9-7-12(8-10-13)15-14(11-5-3-2-4-6-11)16(26)29-17(15,18(20,21)22)19(23,24)25/h2-10H,1H3. The Hall–Kier alpha value is -2.82.